The Morgan fingerprint density at radius 1 is 1.41 bits per heavy atom. The lowest BCUT2D eigenvalue weighted by atomic mass is 9.93. The highest BCUT2D eigenvalue weighted by atomic mass is 19.1. The quantitative estimate of drug-likeness (QED) is 0.816. The molecular formula is C13H18FNO2. The minimum absolute atomic E-state index is 0.132. The van der Waals surface area contributed by atoms with Crippen LogP contribution in [-0.2, 0) is 0 Å². The van der Waals surface area contributed by atoms with Crippen molar-refractivity contribution in [3.05, 3.63) is 30.1 Å². The van der Waals surface area contributed by atoms with Crippen molar-refractivity contribution in [3.8, 4) is 5.75 Å². The maximum Gasteiger partial charge on any atom is 0.123 e. The second-order valence-corrected chi connectivity index (χ2v) is 4.46. The molecule has 1 saturated heterocycles. The van der Waals surface area contributed by atoms with E-state index in [0.29, 0.717) is 18.3 Å². The van der Waals surface area contributed by atoms with Crippen molar-refractivity contribution in [1.29, 1.82) is 0 Å². The number of aliphatic hydroxyl groups is 1. The van der Waals surface area contributed by atoms with Crippen LogP contribution in [0.4, 0.5) is 4.39 Å². The summed E-state index contributed by atoms with van der Waals surface area (Å²) in [5.41, 5.74) is 0. The number of ether oxygens (including phenoxy) is 1. The zero-order chi connectivity index (χ0) is 12.1. The van der Waals surface area contributed by atoms with Crippen molar-refractivity contribution >= 4 is 0 Å². The minimum Gasteiger partial charge on any atom is -0.493 e. The third-order valence-electron chi connectivity index (χ3n) is 3.28. The van der Waals surface area contributed by atoms with Gasteiger partial charge in [0.1, 0.15) is 11.6 Å². The van der Waals surface area contributed by atoms with Gasteiger partial charge in [-0.05, 0) is 49.7 Å². The molecule has 0 amide bonds. The summed E-state index contributed by atoms with van der Waals surface area (Å²) < 4.78 is 18.3. The number of nitrogens with one attached hydrogen (secondary N) is 1. The van der Waals surface area contributed by atoms with Crippen LogP contribution in [0.25, 0.3) is 0 Å². The fraction of sp³-hybridized carbons (Fsp3) is 0.538. The zero-order valence-corrected chi connectivity index (χ0v) is 9.73. The lowest BCUT2D eigenvalue weighted by molar-refractivity contribution is 0.124. The first-order valence-electron chi connectivity index (χ1n) is 5.99. The van der Waals surface area contributed by atoms with E-state index >= 15 is 0 Å². The van der Waals surface area contributed by atoms with Gasteiger partial charge in [0.05, 0.1) is 6.61 Å². The van der Waals surface area contributed by atoms with Gasteiger partial charge >= 0.3 is 0 Å². The van der Waals surface area contributed by atoms with Crippen LogP contribution in [0.1, 0.15) is 6.42 Å². The third-order valence-corrected chi connectivity index (χ3v) is 3.28. The van der Waals surface area contributed by atoms with Crippen LogP contribution in [0.15, 0.2) is 24.3 Å². The van der Waals surface area contributed by atoms with E-state index in [9.17, 15) is 9.50 Å². The molecule has 2 N–H and O–H groups in total. The molecule has 1 aliphatic rings. The molecule has 0 radical (unpaired) electrons. The van der Waals surface area contributed by atoms with E-state index in [4.69, 9.17) is 4.74 Å². The fourth-order valence-electron chi connectivity index (χ4n) is 2.15. The predicted molar refractivity (Wildman–Crippen MR) is 63.4 cm³/mol. The van der Waals surface area contributed by atoms with Gasteiger partial charge in [-0.25, -0.2) is 4.39 Å². The molecule has 0 spiro atoms. The van der Waals surface area contributed by atoms with Gasteiger partial charge < -0.3 is 15.2 Å². The number of aliphatic hydroxyl groups excluding tert-OH is 1. The Morgan fingerprint density at radius 2 is 2.18 bits per heavy atom. The van der Waals surface area contributed by atoms with Crippen LogP contribution in [0, 0.1) is 17.7 Å². The Hall–Kier alpha value is -1.13. The highest BCUT2D eigenvalue weighted by molar-refractivity contribution is 5.22. The average molecular weight is 239 g/mol. The Morgan fingerprint density at radius 3 is 2.76 bits per heavy atom. The normalized spacial score (nSPS) is 21.4. The van der Waals surface area contributed by atoms with E-state index in [1.807, 2.05) is 0 Å². The first-order chi connectivity index (χ1) is 8.29. The standard InChI is InChI=1S/C13H18FNO2/c14-12-1-3-13(4-2-12)17-9-11(8-16)10-5-6-15-7-10/h1-4,10-11,15-16H,5-9H2. The van der Waals surface area contributed by atoms with Crippen molar-refractivity contribution < 1.29 is 14.2 Å². The summed E-state index contributed by atoms with van der Waals surface area (Å²) in [5.74, 6) is 1.00. The first-order valence-corrected chi connectivity index (χ1v) is 5.99. The molecule has 1 heterocycles. The van der Waals surface area contributed by atoms with E-state index in [-0.39, 0.29) is 18.3 Å². The number of halogens is 1. The summed E-state index contributed by atoms with van der Waals surface area (Å²) in [6.45, 7) is 2.57. The van der Waals surface area contributed by atoms with Gasteiger partial charge in [0.25, 0.3) is 0 Å². The largest absolute Gasteiger partial charge is 0.493 e. The van der Waals surface area contributed by atoms with Crippen molar-refractivity contribution in [2.45, 2.75) is 6.42 Å². The van der Waals surface area contributed by atoms with Gasteiger partial charge in [-0.3, -0.25) is 0 Å². The predicted octanol–water partition coefficient (Wildman–Crippen LogP) is 1.42. The molecule has 1 aromatic carbocycles. The molecule has 1 aromatic rings. The summed E-state index contributed by atoms with van der Waals surface area (Å²) >= 11 is 0. The topological polar surface area (TPSA) is 41.5 Å². The van der Waals surface area contributed by atoms with E-state index in [2.05, 4.69) is 5.32 Å². The Bertz CT molecular complexity index is 336. The molecule has 0 saturated carbocycles. The SMILES string of the molecule is OCC(COc1ccc(F)cc1)C1CCNC1. The Labute approximate surface area is 101 Å². The molecule has 2 unspecified atom stereocenters. The molecule has 0 aliphatic carbocycles. The van der Waals surface area contributed by atoms with Crippen LogP contribution < -0.4 is 10.1 Å². The van der Waals surface area contributed by atoms with Crippen molar-refractivity contribution in [2.75, 3.05) is 26.3 Å². The van der Waals surface area contributed by atoms with Crippen LogP contribution >= 0.6 is 0 Å². The van der Waals surface area contributed by atoms with Gasteiger partial charge in [0.15, 0.2) is 0 Å². The average Bonchev–Trinajstić information content (AvgIpc) is 2.86. The summed E-state index contributed by atoms with van der Waals surface area (Å²) in [6, 6.07) is 5.97. The van der Waals surface area contributed by atoms with Gasteiger partial charge in [0.2, 0.25) is 0 Å². The zero-order valence-electron chi connectivity index (χ0n) is 9.73. The molecule has 1 fully saturated rings. The molecule has 17 heavy (non-hydrogen) atoms. The summed E-state index contributed by atoms with van der Waals surface area (Å²) in [5, 5.41) is 12.6. The van der Waals surface area contributed by atoms with E-state index in [1.165, 1.54) is 12.1 Å². The first kappa shape index (κ1) is 12.3. The summed E-state index contributed by atoms with van der Waals surface area (Å²) in [7, 11) is 0. The minimum atomic E-state index is -0.268. The van der Waals surface area contributed by atoms with Gasteiger partial charge in [-0.1, -0.05) is 0 Å². The van der Waals surface area contributed by atoms with Crippen molar-refractivity contribution in [1.82, 2.24) is 5.32 Å². The molecule has 94 valence electrons. The highest BCUT2D eigenvalue weighted by Crippen LogP contribution is 2.20. The monoisotopic (exact) mass is 239 g/mol. The summed E-state index contributed by atoms with van der Waals surface area (Å²) in [4.78, 5) is 0. The van der Waals surface area contributed by atoms with Crippen molar-refractivity contribution in [3.63, 3.8) is 0 Å². The molecule has 0 aromatic heterocycles. The molecule has 2 rings (SSSR count). The molecule has 1 aliphatic heterocycles. The lowest BCUT2D eigenvalue weighted by Crippen LogP contribution is -2.26. The second kappa shape index (κ2) is 5.98. The van der Waals surface area contributed by atoms with Crippen LogP contribution in [0.3, 0.4) is 0 Å². The van der Waals surface area contributed by atoms with E-state index < -0.39 is 0 Å². The lowest BCUT2D eigenvalue weighted by Gasteiger charge is -2.20. The van der Waals surface area contributed by atoms with Gasteiger partial charge in [-0.2, -0.15) is 0 Å². The van der Waals surface area contributed by atoms with Crippen LogP contribution in [0.2, 0.25) is 0 Å². The number of rotatable bonds is 5. The fourth-order valence-corrected chi connectivity index (χ4v) is 2.15. The number of hydrogen-bond donors (Lipinski definition) is 2. The molecule has 0 bridgehead atoms. The van der Waals surface area contributed by atoms with Gasteiger partial charge in [0, 0.05) is 12.5 Å². The summed E-state index contributed by atoms with van der Waals surface area (Å²) in [6.07, 6.45) is 1.08. The van der Waals surface area contributed by atoms with Crippen molar-refractivity contribution in [2.24, 2.45) is 11.8 Å². The van der Waals surface area contributed by atoms with Gasteiger partial charge in [-0.15, -0.1) is 0 Å². The molecule has 4 heteroatoms. The maximum atomic E-state index is 12.7. The Kier molecular flexibility index (Phi) is 4.34. The van der Waals surface area contributed by atoms with Crippen LogP contribution in [0.5, 0.6) is 5.75 Å². The van der Waals surface area contributed by atoms with E-state index in [0.717, 1.165) is 19.5 Å². The number of benzene rings is 1. The third kappa shape index (κ3) is 3.41. The molecule has 2 atom stereocenters. The Balaban J connectivity index is 1.84. The smallest absolute Gasteiger partial charge is 0.123 e. The molecular weight excluding hydrogens is 221 g/mol. The number of hydrogen-bond acceptors (Lipinski definition) is 3. The molecule has 3 nitrogen and oxygen atoms in total. The maximum absolute atomic E-state index is 12.7. The van der Waals surface area contributed by atoms with E-state index in [1.54, 1.807) is 12.1 Å². The second-order valence-electron chi connectivity index (χ2n) is 4.46. The highest BCUT2D eigenvalue weighted by Gasteiger charge is 2.24. The van der Waals surface area contributed by atoms with Crippen LogP contribution in [-0.4, -0.2) is 31.4 Å².